The summed E-state index contributed by atoms with van der Waals surface area (Å²) in [6, 6.07) is 4.36. The van der Waals surface area contributed by atoms with Gasteiger partial charge in [0.2, 0.25) is 0 Å². The van der Waals surface area contributed by atoms with Crippen molar-refractivity contribution in [3.05, 3.63) is 45.1 Å². The third kappa shape index (κ3) is 4.52. The van der Waals surface area contributed by atoms with Gasteiger partial charge in [-0.2, -0.15) is 4.68 Å². The summed E-state index contributed by atoms with van der Waals surface area (Å²) in [6.07, 6.45) is -0.0956. The van der Waals surface area contributed by atoms with Crippen LogP contribution in [0.15, 0.2) is 18.2 Å². The number of anilines is 2. The summed E-state index contributed by atoms with van der Waals surface area (Å²) in [5.41, 5.74) is 1.50. The van der Waals surface area contributed by atoms with Crippen molar-refractivity contribution in [3.63, 3.8) is 0 Å². The van der Waals surface area contributed by atoms with Gasteiger partial charge >= 0.3 is 6.09 Å². The quantitative estimate of drug-likeness (QED) is 0.536. The van der Waals surface area contributed by atoms with Gasteiger partial charge in [0.25, 0.3) is 11.6 Å². The number of nitrogens with one attached hydrogen (secondary N) is 2. The Kier molecular flexibility index (Phi) is 7.35. The molecule has 11 nitrogen and oxygen atoms in total. The number of hydrogen-bond donors (Lipinski definition) is 2. The standard InChI is InChI=1S/C18H22N6O5.ClH/c1-4-29-18(26)23-14-7-8-19-10-13(14)16(21-23)20-17(25)12-6-5-11(22(2)3)9-15(12)24(27)28;/h5-6,9,19H,4,7-8,10H2,1-3H3,(H,20,21,25);1H. The third-order valence-electron chi connectivity index (χ3n) is 4.54. The number of carbonyl (C=O) groups excluding carboxylic acids is 2. The minimum Gasteiger partial charge on any atom is -0.448 e. The zero-order valence-corrected chi connectivity index (χ0v) is 17.6. The Balaban J connectivity index is 0.00000320. The molecule has 30 heavy (non-hydrogen) atoms. The Bertz CT molecular complexity index is 974. The third-order valence-corrected chi connectivity index (χ3v) is 4.54. The van der Waals surface area contributed by atoms with Crippen molar-refractivity contribution in [1.29, 1.82) is 0 Å². The van der Waals surface area contributed by atoms with Gasteiger partial charge in [-0.1, -0.05) is 0 Å². The normalized spacial score (nSPS) is 12.4. The first kappa shape index (κ1) is 23.1. The molecular formula is C18H23ClN6O5. The van der Waals surface area contributed by atoms with E-state index in [2.05, 4.69) is 15.7 Å². The lowest BCUT2D eigenvalue weighted by Crippen LogP contribution is -2.27. The lowest BCUT2D eigenvalue weighted by molar-refractivity contribution is -0.385. The van der Waals surface area contributed by atoms with Gasteiger partial charge in [-0.15, -0.1) is 17.5 Å². The molecule has 0 fully saturated rings. The molecule has 1 aromatic carbocycles. The molecule has 0 unspecified atom stereocenters. The van der Waals surface area contributed by atoms with Crippen molar-refractivity contribution in [2.75, 3.05) is 37.5 Å². The number of carbonyl (C=O) groups is 2. The molecule has 0 spiro atoms. The summed E-state index contributed by atoms with van der Waals surface area (Å²) in [5, 5.41) is 21.4. The molecule has 2 N–H and O–H groups in total. The Morgan fingerprint density at radius 2 is 2.13 bits per heavy atom. The number of nitrogens with zero attached hydrogens (tertiary/aromatic N) is 4. The molecule has 1 aliphatic heterocycles. The summed E-state index contributed by atoms with van der Waals surface area (Å²) in [6.45, 7) is 2.95. The maximum Gasteiger partial charge on any atom is 0.434 e. The van der Waals surface area contributed by atoms with E-state index >= 15 is 0 Å². The first-order chi connectivity index (χ1) is 13.8. The Labute approximate surface area is 178 Å². The zero-order valence-electron chi connectivity index (χ0n) is 16.8. The number of amides is 1. The minimum absolute atomic E-state index is 0. The number of nitro benzene ring substituents is 1. The molecule has 0 radical (unpaired) electrons. The summed E-state index contributed by atoms with van der Waals surface area (Å²) >= 11 is 0. The molecule has 1 aromatic heterocycles. The predicted octanol–water partition coefficient (Wildman–Crippen LogP) is 2.18. The van der Waals surface area contributed by atoms with E-state index in [0.717, 1.165) is 4.68 Å². The summed E-state index contributed by atoms with van der Waals surface area (Å²) < 4.78 is 6.16. The average molecular weight is 439 g/mol. The Morgan fingerprint density at radius 3 is 2.77 bits per heavy atom. The van der Waals surface area contributed by atoms with Crippen LogP contribution in [0.3, 0.4) is 0 Å². The van der Waals surface area contributed by atoms with Gasteiger partial charge in [-0.3, -0.25) is 14.9 Å². The first-order valence-electron chi connectivity index (χ1n) is 9.09. The topological polar surface area (TPSA) is 132 Å². The number of ether oxygens (including phenoxy) is 1. The van der Waals surface area contributed by atoms with Crippen LogP contribution in [0.2, 0.25) is 0 Å². The largest absolute Gasteiger partial charge is 0.448 e. The van der Waals surface area contributed by atoms with Crippen molar-refractivity contribution >= 4 is 41.6 Å². The van der Waals surface area contributed by atoms with Gasteiger partial charge in [0.1, 0.15) is 5.56 Å². The smallest absolute Gasteiger partial charge is 0.434 e. The zero-order chi connectivity index (χ0) is 21.1. The highest BCUT2D eigenvalue weighted by atomic mass is 35.5. The molecule has 0 aliphatic carbocycles. The number of hydrogen-bond acceptors (Lipinski definition) is 8. The van der Waals surface area contributed by atoms with Gasteiger partial charge in [0.05, 0.1) is 17.2 Å². The number of benzene rings is 1. The van der Waals surface area contributed by atoms with Crippen LogP contribution >= 0.6 is 12.4 Å². The molecule has 1 aliphatic rings. The van der Waals surface area contributed by atoms with E-state index in [0.29, 0.717) is 36.5 Å². The van der Waals surface area contributed by atoms with E-state index in [1.807, 2.05) is 0 Å². The SMILES string of the molecule is CCOC(=O)n1nc(NC(=O)c2ccc(N(C)C)cc2[N+](=O)[O-])c2c1CCNC2.Cl. The van der Waals surface area contributed by atoms with E-state index < -0.39 is 16.9 Å². The number of fused-ring (bicyclic) bond motifs is 1. The van der Waals surface area contributed by atoms with Crippen LogP contribution in [0, 0.1) is 10.1 Å². The van der Waals surface area contributed by atoms with Gasteiger partial charge in [0.15, 0.2) is 5.82 Å². The van der Waals surface area contributed by atoms with Crippen LogP contribution in [0.5, 0.6) is 0 Å². The predicted molar refractivity (Wildman–Crippen MR) is 113 cm³/mol. The molecule has 2 aromatic rings. The molecule has 0 saturated heterocycles. The highest BCUT2D eigenvalue weighted by Crippen LogP contribution is 2.27. The summed E-state index contributed by atoms with van der Waals surface area (Å²) in [5.74, 6) is -0.500. The summed E-state index contributed by atoms with van der Waals surface area (Å²) in [7, 11) is 3.50. The Hall–Kier alpha value is -3.18. The van der Waals surface area contributed by atoms with Crippen molar-refractivity contribution < 1.29 is 19.2 Å². The van der Waals surface area contributed by atoms with Crippen LogP contribution in [0.1, 0.15) is 28.5 Å². The van der Waals surface area contributed by atoms with E-state index in [4.69, 9.17) is 4.74 Å². The molecule has 1 amide bonds. The first-order valence-corrected chi connectivity index (χ1v) is 9.09. The number of nitro groups is 1. The second kappa shape index (κ2) is 9.55. The average Bonchev–Trinajstić information content (AvgIpc) is 3.06. The number of halogens is 1. The van der Waals surface area contributed by atoms with Crippen LogP contribution < -0.4 is 15.5 Å². The molecule has 162 valence electrons. The molecular weight excluding hydrogens is 416 g/mol. The maximum absolute atomic E-state index is 12.8. The van der Waals surface area contributed by atoms with Crippen molar-refractivity contribution in [3.8, 4) is 0 Å². The van der Waals surface area contributed by atoms with Gasteiger partial charge in [-0.05, 0) is 19.1 Å². The van der Waals surface area contributed by atoms with E-state index in [-0.39, 0.29) is 36.1 Å². The molecule has 3 rings (SSSR count). The van der Waals surface area contributed by atoms with Crippen molar-refractivity contribution in [2.45, 2.75) is 19.9 Å². The maximum atomic E-state index is 12.8. The minimum atomic E-state index is -0.677. The van der Waals surface area contributed by atoms with E-state index in [1.165, 1.54) is 12.1 Å². The highest BCUT2D eigenvalue weighted by molar-refractivity contribution is 6.07. The lowest BCUT2D eigenvalue weighted by Gasteiger charge is -2.15. The van der Waals surface area contributed by atoms with Crippen molar-refractivity contribution in [2.24, 2.45) is 0 Å². The summed E-state index contributed by atoms with van der Waals surface area (Å²) in [4.78, 5) is 37.6. The van der Waals surface area contributed by atoms with Crippen LogP contribution in [0.4, 0.5) is 22.0 Å². The monoisotopic (exact) mass is 438 g/mol. The van der Waals surface area contributed by atoms with E-state index in [9.17, 15) is 19.7 Å². The fourth-order valence-corrected chi connectivity index (χ4v) is 3.10. The molecule has 2 heterocycles. The second-order valence-electron chi connectivity index (χ2n) is 6.62. The van der Waals surface area contributed by atoms with Crippen LogP contribution in [0.25, 0.3) is 0 Å². The highest BCUT2D eigenvalue weighted by Gasteiger charge is 2.28. The van der Waals surface area contributed by atoms with Gasteiger partial charge in [0, 0.05) is 50.9 Å². The molecule has 0 saturated carbocycles. The number of aromatic nitrogens is 2. The molecule has 0 atom stereocenters. The van der Waals surface area contributed by atoms with Crippen LogP contribution in [-0.2, 0) is 17.7 Å². The molecule has 12 heteroatoms. The second-order valence-corrected chi connectivity index (χ2v) is 6.62. The fraction of sp³-hybridized carbons (Fsp3) is 0.389. The number of rotatable bonds is 5. The fourth-order valence-electron chi connectivity index (χ4n) is 3.10. The lowest BCUT2D eigenvalue weighted by atomic mass is 10.1. The van der Waals surface area contributed by atoms with Gasteiger partial charge in [-0.25, -0.2) is 4.79 Å². The molecule has 0 bridgehead atoms. The van der Waals surface area contributed by atoms with Crippen molar-refractivity contribution in [1.82, 2.24) is 15.1 Å². The Morgan fingerprint density at radius 1 is 1.40 bits per heavy atom. The van der Waals surface area contributed by atoms with E-state index in [1.54, 1.807) is 32.0 Å². The van der Waals surface area contributed by atoms with Crippen LogP contribution in [-0.4, -0.2) is 54.0 Å². The van der Waals surface area contributed by atoms with Gasteiger partial charge < -0.3 is 20.3 Å².